The molecule has 0 aromatic heterocycles. The molecule has 0 amide bonds. The van der Waals surface area contributed by atoms with Crippen molar-refractivity contribution in [3.8, 4) is 5.75 Å². The second kappa shape index (κ2) is 16.9. The number of benzene rings is 3. The highest BCUT2D eigenvalue weighted by Crippen LogP contribution is 2.35. The fraction of sp³-hybridized carbons (Fsp3) is 0.281. The summed E-state index contributed by atoms with van der Waals surface area (Å²) in [6.07, 6.45) is -2.29. The van der Waals surface area contributed by atoms with Gasteiger partial charge in [-0.05, 0) is 41.9 Å². The molecule has 224 valence electrons. The summed E-state index contributed by atoms with van der Waals surface area (Å²) in [6.45, 7) is 7.60. The van der Waals surface area contributed by atoms with E-state index < -0.39 is 54.5 Å². The van der Waals surface area contributed by atoms with Gasteiger partial charge in [-0.3, -0.25) is 9.59 Å². The van der Waals surface area contributed by atoms with E-state index in [2.05, 4.69) is 18.7 Å². The minimum Gasteiger partial charge on any atom is -0.492 e. The third-order valence-electron chi connectivity index (χ3n) is 6.00. The molecule has 10 heteroatoms. The van der Waals surface area contributed by atoms with Gasteiger partial charge in [0, 0.05) is 12.1 Å². The Balaban J connectivity index is 0.000000500. The lowest BCUT2D eigenvalue weighted by Gasteiger charge is -2.18. The third-order valence-corrected chi connectivity index (χ3v) is 6.38. The summed E-state index contributed by atoms with van der Waals surface area (Å²) in [5, 5.41) is 33.9. The van der Waals surface area contributed by atoms with Gasteiger partial charge in [0.15, 0.2) is 5.60 Å². The van der Waals surface area contributed by atoms with Crippen LogP contribution in [0.15, 0.2) is 84.8 Å². The molecule has 4 N–H and O–H groups in total. The smallest absolute Gasteiger partial charge is 0.336 e. The van der Waals surface area contributed by atoms with Gasteiger partial charge in [-0.25, -0.2) is 4.79 Å². The van der Waals surface area contributed by atoms with E-state index in [1.54, 1.807) is 0 Å². The number of rotatable bonds is 14. The minimum atomic E-state index is -2.74. The second-order valence-electron chi connectivity index (χ2n) is 8.93. The normalized spacial score (nSPS) is 13.3. The van der Waals surface area contributed by atoms with Crippen LogP contribution >= 0.6 is 11.6 Å². The zero-order valence-corrected chi connectivity index (χ0v) is 23.9. The number of carboxylic acid groups (broad SMARTS) is 3. The predicted octanol–water partition coefficient (Wildman–Crippen LogP) is 5.31. The monoisotopic (exact) mass is 602 g/mol. The lowest BCUT2D eigenvalue weighted by atomic mass is 9.95. The highest BCUT2D eigenvalue weighted by Gasteiger charge is 2.40. The van der Waals surface area contributed by atoms with Gasteiger partial charge in [-0.2, -0.15) is 0 Å². The first-order chi connectivity index (χ1) is 22.1. The van der Waals surface area contributed by atoms with Gasteiger partial charge < -0.3 is 30.1 Å². The van der Waals surface area contributed by atoms with Crippen LogP contribution in [0.3, 0.4) is 0 Å². The molecule has 0 heterocycles. The first kappa shape index (κ1) is 26.7. The topological polar surface area (TPSA) is 145 Å². The predicted molar refractivity (Wildman–Crippen MR) is 161 cm³/mol. The van der Waals surface area contributed by atoms with Crippen molar-refractivity contribution in [1.82, 2.24) is 4.90 Å². The standard InChI is InChI=1S/C26H28ClNO.C6H8O7/c1-3-28(4-2)19-20-29-24-17-15-22(16-18-24)25(21-11-7-5-8-12-21)26(27)23-13-9-6-10-14-23;7-3(8)1-6(13,5(11)12)2-4(9)10/h5-18H,3-4,19-20H2,1-2H3;13H,1-2H2,(H,7,8)(H,9,10)(H,11,12)/b26-25-;/i6D,9D,10D,13D,14D;. The van der Waals surface area contributed by atoms with Crippen LogP contribution in [0, 0.1) is 0 Å². The van der Waals surface area contributed by atoms with E-state index in [0.717, 1.165) is 36.5 Å². The SMILES string of the molecule is O=C(O)CC(O)(CC(=O)O)C(=O)O.[2H]c1c([2H])c([2H])c(/C(Cl)=C(\c2ccccc2)c2ccc(OCCN(CC)CC)cc2)c([2H])c1[2H]. The molecule has 0 atom stereocenters. The molecule has 42 heavy (non-hydrogen) atoms. The number of halogens is 1. The molecule has 0 saturated heterocycles. The summed E-state index contributed by atoms with van der Waals surface area (Å²) >= 11 is 6.81. The minimum absolute atomic E-state index is 0.0222. The van der Waals surface area contributed by atoms with Crippen molar-refractivity contribution in [2.45, 2.75) is 32.3 Å². The van der Waals surface area contributed by atoms with Crippen molar-refractivity contribution in [1.29, 1.82) is 0 Å². The lowest BCUT2D eigenvalue weighted by Crippen LogP contribution is -2.42. The quantitative estimate of drug-likeness (QED) is 0.180. The Morgan fingerprint density at radius 1 is 0.833 bits per heavy atom. The molecule has 3 aromatic carbocycles. The van der Waals surface area contributed by atoms with Crippen molar-refractivity contribution in [3.05, 3.63) is 101 Å². The molecule has 0 aliphatic rings. The van der Waals surface area contributed by atoms with Crippen molar-refractivity contribution in [3.63, 3.8) is 0 Å². The Hall–Kier alpha value is -4.18. The molecule has 0 bridgehead atoms. The van der Waals surface area contributed by atoms with Gasteiger partial charge >= 0.3 is 17.9 Å². The van der Waals surface area contributed by atoms with E-state index in [4.69, 9.17) is 43.6 Å². The zero-order valence-electron chi connectivity index (χ0n) is 28.2. The summed E-state index contributed by atoms with van der Waals surface area (Å²) in [6, 6.07) is 14.9. The van der Waals surface area contributed by atoms with E-state index in [9.17, 15) is 14.4 Å². The van der Waals surface area contributed by atoms with Crippen molar-refractivity contribution < 1.29 is 46.4 Å². The number of likely N-dealkylation sites (N-methyl/N-ethyl adjacent to an activating group) is 1. The molecule has 9 nitrogen and oxygen atoms in total. The van der Waals surface area contributed by atoms with Crippen LogP contribution in [-0.4, -0.2) is 75.1 Å². The number of ether oxygens (including phenoxy) is 1. The Bertz CT molecular complexity index is 1550. The maximum Gasteiger partial charge on any atom is 0.336 e. The van der Waals surface area contributed by atoms with Crippen LogP contribution in [0.4, 0.5) is 0 Å². The van der Waals surface area contributed by atoms with Gasteiger partial charge in [0.2, 0.25) is 0 Å². The lowest BCUT2D eigenvalue weighted by molar-refractivity contribution is -0.170. The highest BCUT2D eigenvalue weighted by atomic mass is 35.5. The number of hydrogen-bond donors (Lipinski definition) is 4. The van der Waals surface area contributed by atoms with E-state index >= 15 is 0 Å². The first-order valence-electron chi connectivity index (χ1n) is 15.4. The Labute approximate surface area is 257 Å². The van der Waals surface area contributed by atoms with Gasteiger partial charge in [0.25, 0.3) is 0 Å². The van der Waals surface area contributed by atoms with E-state index in [1.165, 1.54) is 0 Å². The second-order valence-corrected chi connectivity index (χ2v) is 9.31. The fourth-order valence-corrected chi connectivity index (χ4v) is 4.09. The molecule has 0 spiro atoms. The summed E-state index contributed by atoms with van der Waals surface area (Å²) in [7, 11) is 0. The molecular weight excluding hydrogens is 562 g/mol. The van der Waals surface area contributed by atoms with Crippen molar-refractivity contribution in [2.75, 3.05) is 26.2 Å². The number of aliphatic hydroxyl groups is 1. The van der Waals surface area contributed by atoms with Crippen molar-refractivity contribution >= 4 is 40.1 Å². The van der Waals surface area contributed by atoms with Crippen LogP contribution in [0.1, 0.15) is 50.2 Å². The number of hydrogen-bond acceptors (Lipinski definition) is 6. The van der Waals surface area contributed by atoms with Crippen LogP contribution in [0.25, 0.3) is 10.6 Å². The molecule has 0 aliphatic carbocycles. The number of carbonyl (C=O) groups is 3. The van der Waals surface area contributed by atoms with Gasteiger partial charge in [0.1, 0.15) is 12.4 Å². The molecule has 0 aliphatic heterocycles. The maximum absolute atomic E-state index is 10.3. The van der Waals surface area contributed by atoms with E-state index in [-0.39, 0.29) is 22.7 Å². The molecular formula is C32H36ClNO8. The van der Waals surface area contributed by atoms with Gasteiger partial charge in [-0.15, -0.1) is 0 Å². The molecule has 3 aromatic rings. The van der Waals surface area contributed by atoms with E-state index in [1.807, 2.05) is 54.6 Å². The Morgan fingerprint density at radius 2 is 1.36 bits per heavy atom. The third kappa shape index (κ3) is 10.7. The largest absolute Gasteiger partial charge is 0.492 e. The summed E-state index contributed by atoms with van der Waals surface area (Å²) in [4.78, 5) is 32.8. The fourth-order valence-electron chi connectivity index (χ4n) is 3.77. The molecule has 0 unspecified atom stereocenters. The summed E-state index contributed by atoms with van der Waals surface area (Å²) in [5.41, 5.74) is -0.660. The van der Waals surface area contributed by atoms with Crippen molar-refractivity contribution in [2.24, 2.45) is 0 Å². The molecule has 0 fully saturated rings. The highest BCUT2D eigenvalue weighted by molar-refractivity contribution is 6.53. The van der Waals surface area contributed by atoms with Gasteiger partial charge in [0.05, 0.1) is 24.7 Å². The van der Waals surface area contributed by atoms with E-state index in [0.29, 0.717) is 12.2 Å². The molecule has 0 radical (unpaired) electrons. The Morgan fingerprint density at radius 3 is 1.83 bits per heavy atom. The van der Waals surface area contributed by atoms with Gasteiger partial charge in [-0.1, -0.05) is 98.1 Å². The first-order valence-corrected chi connectivity index (χ1v) is 13.3. The number of aliphatic carboxylic acids is 3. The maximum atomic E-state index is 10.3. The van der Waals surface area contributed by atoms with Crippen LogP contribution in [-0.2, 0) is 14.4 Å². The zero-order chi connectivity index (χ0) is 35.5. The molecule has 3 rings (SSSR count). The summed E-state index contributed by atoms with van der Waals surface area (Å²) in [5.74, 6) is -4.29. The average molecular weight is 603 g/mol. The average Bonchev–Trinajstić information content (AvgIpc) is 3.02. The van der Waals surface area contributed by atoms with Crippen LogP contribution in [0.5, 0.6) is 5.75 Å². The Kier molecular flexibility index (Phi) is 10.8. The number of nitrogens with zero attached hydrogens (tertiary/aromatic N) is 1. The summed E-state index contributed by atoms with van der Waals surface area (Å²) < 4.78 is 46.5. The molecule has 0 saturated carbocycles. The number of carboxylic acids is 3. The van der Waals surface area contributed by atoms with Crippen LogP contribution in [0.2, 0.25) is 0 Å². The van der Waals surface area contributed by atoms with Crippen LogP contribution < -0.4 is 4.74 Å².